The van der Waals surface area contributed by atoms with Crippen molar-refractivity contribution in [2.75, 3.05) is 0 Å². The molecule has 4 aromatic rings. The van der Waals surface area contributed by atoms with Crippen LogP contribution in [0.3, 0.4) is 0 Å². The molecule has 152 valence electrons. The van der Waals surface area contributed by atoms with E-state index in [9.17, 15) is 9.18 Å². The second-order valence-corrected chi connectivity index (χ2v) is 8.16. The Balaban J connectivity index is 1.41. The van der Waals surface area contributed by atoms with Crippen LogP contribution in [0, 0.1) is 5.82 Å². The van der Waals surface area contributed by atoms with E-state index >= 15 is 0 Å². The summed E-state index contributed by atoms with van der Waals surface area (Å²) in [6.07, 6.45) is 4.36. The molecule has 1 aliphatic heterocycles. The molecule has 0 radical (unpaired) electrons. The molecule has 0 unspecified atom stereocenters. The van der Waals surface area contributed by atoms with Gasteiger partial charge in [0, 0.05) is 35.2 Å². The van der Waals surface area contributed by atoms with Crippen LogP contribution in [-0.4, -0.2) is 25.6 Å². The van der Waals surface area contributed by atoms with Gasteiger partial charge in [0.05, 0.1) is 24.0 Å². The quantitative estimate of drug-likeness (QED) is 0.532. The van der Waals surface area contributed by atoms with Gasteiger partial charge in [0.1, 0.15) is 5.82 Å². The molecule has 2 aromatic heterocycles. The highest BCUT2D eigenvalue weighted by atomic mass is 19.1. The predicted molar refractivity (Wildman–Crippen MR) is 114 cm³/mol. The van der Waals surface area contributed by atoms with Crippen molar-refractivity contribution in [2.45, 2.75) is 39.4 Å². The summed E-state index contributed by atoms with van der Waals surface area (Å²) in [4.78, 5) is 18.0. The summed E-state index contributed by atoms with van der Waals surface area (Å²) in [5.74, 6) is -0.759. The van der Waals surface area contributed by atoms with Gasteiger partial charge >= 0.3 is 0 Å². The van der Waals surface area contributed by atoms with Gasteiger partial charge in [-0.2, -0.15) is 5.10 Å². The van der Waals surface area contributed by atoms with Crippen molar-refractivity contribution < 1.29 is 9.18 Å². The first kappa shape index (κ1) is 18.6. The Labute approximate surface area is 174 Å². The fourth-order valence-electron chi connectivity index (χ4n) is 4.30. The highest BCUT2D eigenvalue weighted by Gasteiger charge is 2.29. The Morgan fingerprint density at radius 1 is 1.20 bits per heavy atom. The summed E-state index contributed by atoms with van der Waals surface area (Å²) in [5.41, 5.74) is 5.33. The van der Waals surface area contributed by atoms with Crippen LogP contribution in [0.4, 0.5) is 4.39 Å². The minimum absolute atomic E-state index is 0.128. The van der Waals surface area contributed by atoms with Gasteiger partial charge in [-0.05, 0) is 55.7 Å². The van der Waals surface area contributed by atoms with Crippen LogP contribution in [0.25, 0.3) is 10.9 Å². The Hall–Kier alpha value is -3.41. The van der Waals surface area contributed by atoms with Gasteiger partial charge < -0.3 is 9.88 Å². The van der Waals surface area contributed by atoms with Gasteiger partial charge in [-0.25, -0.2) is 4.39 Å². The van der Waals surface area contributed by atoms with Crippen LogP contribution in [-0.2, 0) is 19.5 Å². The first-order valence-electron chi connectivity index (χ1n) is 10.2. The lowest BCUT2D eigenvalue weighted by molar-refractivity contribution is 0.0742. The average molecular weight is 402 g/mol. The predicted octanol–water partition coefficient (Wildman–Crippen LogP) is 4.83. The fourth-order valence-corrected chi connectivity index (χ4v) is 4.30. The molecule has 0 atom stereocenters. The lowest BCUT2D eigenvalue weighted by Crippen LogP contribution is -2.27. The highest BCUT2D eigenvalue weighted by molar-refractivity contribution is 5.95. The third-order valence-corrected chi connectivity index (χ3v) is 5.80. The molecule has 30 heavy (non-hydrogen) atoms. The number of aromatic amines is 1. The smallest absolute Gasteiger partial charge is 0.257 e. The van der Waals surface area contributed by atoms with Gasteiger partial charge in [-0.3, -0.25) is 9.48 Å². The monoisotopic (exact) mass is 402 g/mol. The number of hydrogen-bond acceptors (Lipinski definition) is 2. The maximum atomic E-state index is 14.6. The van der Waals surface area contributed by atoms with Crippen LogP contribution in [0.15, 0.2) is 54.9 Å². The van der Waals surface area contributed by atoms with E-state index in [1.54, 1.807) is 17.0 Å². The van der Waals surface area contributed by atoms with Crippen molar-refractivity contribution in [3.63, 3.8) is 0 Å². The lowest BCUT2D eigenvalue weighted by atomic mass is 9.99. The molecule has 2 aromatic carbocycles. The van der Waals surface area contributed by atoms with E-state index in [-0.39, 0.29) is 17.5 Å². The van der Waals surface area contributed by atoms with Crippen LogP contribution < -0.4 is 0 Å². The number of nitrogens with zero attached hydrogens (tertiary/aromatic N) is 3. The number of nitrogens with one attached hydrogen (secondary N) is 1. The van der Waals surface area contributed by atoms with Crippen molar-refractivity contribution in [3.05, 3.63) is 88.6 Å². The number of benzene rings is 2. The van der Waals surface area contributed by atoms with E-state index in [2.05, 4.69) is 30.0 Å². The van der Waals surface area contributed by atoms with Gasteiger partial charge in [-0.15, -0.1) is 0 Å². The maximum absolute atomic E-state index is 14.6. The number of fused-ring (bicyclic) bond motifs is 2. The summed E-state index contributed by atoms with van der Waals surface area (Å²) in [6, 6.07) is 13.2. The summed E-state index contributed by atoms with van der Waals surface area (Å²) >= 11 is 0. The third-order valence-electron chi connectivity index (χ3n) is 5.80. The molecular weight excluding hydrogens is 379 g/mol. The van der Waals surface area contributed by atoms with Crippen molar-refractivity contribution in [1.82, 2.24) is 19.7 Å². The first-order chi connectivity index (χ1) is 14.5. The van der Waals surface area contributed by atoms with E-state index in [0.717, 1.165) is 33.3 Å². The molecular formula is C24H23FN4O. The van der Waals surface area contributed by atoms with Crippen LogP contribution in [0.1, 0.15) is 52.6 Å². The molecule has 0 saturated carbocycles. The minimum atomic E-state index is -0.481. The SMILES string of the molecule is CC(C)n1ncc2c1CN(C(=O)c1cc(Cc3cccc4[nH]ccc34)ccc1F)C2. The van der Waals surface area contributed by atoms with Gasteiger partial charge in [0.25, 0.3) is 5.91 Å². The number of H-pyrrole nitrogens is 1. The molecule has 1 amide bonds. The van der Waals surface area contributed by atoms with Crippen molar-refractivity contribution >= 4 is 16.8 Å². The third kappa shape index (κ3) is 3.09. The number of aromatic nitrogens is 3. The normalized spacial score (nSPS) is 13.4. The first-order valence-corrected chi connectivity index (χ1v) is 10.2. The van der Waals surface area contributed by atoms with Gasteiger partial charge in [-0.1, -0.05) is 18.2 Å². The second kappa shape index (κ2) is 7.13. The van der Waals surface area contributed by atoms with Crippen molar-refractivity contribution in [2.24, 2.45) is 0 Å². The molecule has 3 heterocycles. The van der Waals surface area contributed by atoms with Crippen LogP contribution in [0.2, 0.25) is 0 Å². The largest absolute Gasteiger partial charge is 0.361 e. The Kier molecular flexibility index (Phi) is 4.42. The Bertz CT molecular complexity index is 1250. The average Bonchev–Trinajstić information content (AvgIpc) is 3.44. The van der Waals surface area contributed by atoms with Gasteiger partial charge in [0.15, 0.2) is 0 Å². The van der Waals surface area contributed by atoms with E-state index in [1.807, 2.05) is 35.3 Å². The zero-order valence-corrected chi connectivity index (χ0v) is 17.0. The Morgan fingerprint density at radius 3 is 2.90 bits per heavy atom. The standard InChI is InChI=1S/C24H23FN4O/c1-15(2)29-23-14-28(13-18(23)12-27-29)24(30)20-11-16(6-7-21(20)25)10-17-4-3-5-22-19(17)8-9-26-22/h3-9,11-12,15,26H,10,13-14H2,1-2H3. The number of hydrogen-bond donors (Lipinski definition) is 1. The number of amides is 1. The molecule has 5 nitrogen and oxygen atoms in total. The molecule has 5 rings (SSSR count). The molecule has 0 fully saturated rings. The van der Waals surface area contributed by atoms with Crippen LogP contribution >= 0.6 is 0 Å². The topological polar surface area (TPSA) is 53.9 Å². The van der Waals surface area contributed by atoms with Crippen LogP contribution in [0.5, 0.6) is 0 Å². The lowest BCUT2D eigenvalue weighted by Gasteiger charge is -2.18. The molecule has 0 bridgehead atoms. The molecule has 6 heteroatoms. The number of rotatable bonds is 4. The zero-order chi connectivity index (χ0) is 20.8. The summed E-state index contributed by atoms with van der Waals surface area (Å²) in [5, 5.41) is 5.55. The maximum Gasteiger partial charge on any atom is 0.257 e. The van der Waals surface area contributed by atoms with Crippen molar-refractivity contribution in [3.8, 4) is 0 Å². The van der Waals surface area contributed by atoms with E-state index in [0.29, 0.717) is 19.5 Å². The number of halogens is 1. The molecule has 0 spiro atoms. The summed E-state index contributed by atoms with van der Waals surface area (Å²) in [6.45, 7) is 5.05. The molecule has 1 aliphatic rings. The number of carbonyl (C=O) groups excluding carboxylic acids is 1. The molecule has 0 aliphatic carbocycles. The zero-order valence-electron chi connectivity index (χ0n) is 17.0. The molecule has 1 N–H and O–H groups in total. The van der Waals surface area contributed by atoms with E-state index in [4.69, 9.17) is 0 Å². The summed E-state index contributed by atoms with van der Waals surface area (Å²) < 4.78 is 16.5. The van der Waals surface area contributed by atoms with E-state index in [1.165, 1.54) is 6.07 Å². The highest BCUT2D eigenvalue weighted by Crippen LogP contribution is 2.28. The molecule has 0 saturated heterocycles. The second-order valence-electron chi connectivity index (χ2n) is 8.16. The van der Waals surface area contributed by atoms with Crippen molar-refractivity contribution in [1.29, 1.82) is 0 Å². The van der Waals surface area contributed by atoms with Gasteiger partial charge in [0.2, 0.25) is 0 Å². The minimum Gasteiger partial charge on any atom is -0.361 e. The fraction of sp³-hybridized carbons (Fsp3) is 0.250. The Morgan fingerprint density at radius 2 is 2.07 bits per heavy atom. The summed E-state index contributed by atoms with van der Waals surface area (Å²) in [7, 11) is 0. The van der Waals surface area contributed by atoms with E-state index < -0.39 is 5.82 Å². The number of carbonyl (C=O) groups is 1.